The molecule has 2 saturated carbocycles. The van der Waals surface area contributed by atoms with Crippen molar-refractivity contribution in [3.8, 4) is 22.3 Å². The van der Waals surface area contributed by atoms with Gasteiger partial charge in [0.2, 0.25) is 0 Å². The Labute approximate surface area is 512 Å². The number of thiophene rings is 1. The Bertz CT molecular complexity index is 3780. The number of nitrogens with zero attached hydrogens (tertiary/aromatic N) is 2. The maximum absolute atomic E-state index is 2.81. The highest BCUT2D eigenvalue weighted by Crippen LogP contribution is 2.53. The second kappa shape index (κ2) is 21.0. The normalized spacial score (nSPS) is 16.5. The van der Waals surface area contributed by atoms with Crippen LogP contribution in [-0.2, 0) is 32.5 Å². The summed E-state index contributed by atoms with van der Waals surface area (Å²) in [5.41, 5.74) is 27.0. The summed E-state index contributed by atoms with van der Waals surface area (Å²) in [4.78, 5) is 5.47. The van der Waals surface area contributed by atoms with Crippen LogP contribution in [-0.4, -0.2) is 6.71 Å². The number of hydrogen-bond acceptors (Lipinski definition) is 3. The molecule has 7 aromatic carbocycles. The Hall–Kier alpha value is -5.84. The molecule has 8 aromatic rings. The maximum Gasteiger partial charge on any atom is 0.264 e. The first kappa shape index (κ1) is 58.5. The molecule has 0 radical (unpaired) electrons. The highest BCUT2D eigenvalue weighted by Gasteiger charge is 2.47. The van der Waals surface area contributed by atoms with E-state index in [9.17, 15) is 0 Å². The minimum absolute atomic E-state index is 0.0129. The fraction of sp³-hybridized carbons (Fsp3) is 0.450. The van der Waals surface area contributed by atoms with E-state index in [1.165, 1.54) is 180 Å². The molecule has 4 aliphatic rings. The van der Waals surface area contributed by atoms with Crippen LogP contribution in [0.4, 0.5) is 34.1 Å². The summed E-state index contributed by atoms with van der Waals surface area (Å²) in [6.45, 7) is 42.9. The number of rotatable bonds is 6. The third-order valence-electron chi connectivity index (χ3n) is 19.9. The van der Waals surface area contributed by atoms with Crippen LogP contribution in [0.2, 0.25) is 0 Å². The molecule has 0 N–H and O–H groups in total. The zero-order valence-corrected chi connectivity index (χ0v) is 55.5. The van der Waals surface area contributed by atoms with Crippen molar-refractivity contribution in [2.45, 2.75) is 233 Å². The second-order valence-electron chi connectivity index (χ2n) is 32.4. The van der Waals surface area contributed by atoms with E-state index < -0.39 is 0 Å². The average molecular weight is 1130 g/mol. The fourth-order valence-corrected chi connectivity index (χ4v) is 16.1. The molecule has 84 heavy (non-hydrogen) atoms. The smallest absolute Gasteiger partial charge is 0.264 e. The second-order valence-corrected chi connectivity index (χ2v) is 33.5. The summed E-state index contributed by atoms with van der Waals surface area (Å²) < 4.78 is 2.79. The molecule has 0 atom stereocenters. The standard InChI is InChI=1S/C80H97BN2S/c1-75(2,3)57-32-38-67(62(45-57)56-42-54(50-25-21-19-22-26-50)41-55(43-56)51-27-23-20-24-28-51)83-70-49-60(78(10,11)12)48-69-72(70)81(74-73(83)63-46-58(76(4,5)6)34-40-71(63)84-74)66-47-59(77(7,8)9)33-39-68(66)82(69)61-35-29-52(30-36-61)53-31-37-64(79(13,14)15)65(44-53)80(16,17)18/h29-51H,19-28H2,1-18H3. The van der Waals surface area contributed by atoms with Crippen LogP contribution in [0.1, 0.15) is 245 Å². The topological polar surface area (TPSA) is 6.48 Å². The minimum Gasteiger partial charge on any atom is -0.311 e. The van der Waals surface area contributed by atoms with Gasteiger partial charge in [-0.2, -0.15) is 0 Å². The summed E-state index contributed by atoms with van der Waals surface area (Å²) in [6, 6.07) is 52.7. The van der Waals surface area contributed by atoms with Crippen molar-refractivity contribution < 1.29 is 0 Å². The van der Waals surface area contributed by atoms with Crippen molar-refractivity contribution in [1.29, 1.82) is 0 Å². The largest absolute Gasteiger partial charge is 0.311 e. The van der Waals surface area contributed by atoms with Crippen LogP contribution in [0.25, 0.3) is 32.3 Å². The van der Waals surface area contributed by atoms with E-state index in [1.807, 2.05) is 11.3 Å². The van der Waals surface area contributed by atoms with Gasteiger partial charge in [-0.15, -0.1) is 11.3 Å². The lowest BCUT2D eigenvalue weighted by atomic mass is 9.36. The molecule has 0 spiro atoms. The Morgan fingerprint density at radius 1 is 0.381 bits per heavy atom. The van der Waals surface area contributed by atoms with Crippen LogP contribution >= 0.6 is 11.3 Å². The molecule has 0 unspecified atom stereocenters. The van der Waals surface area contributed by atoms with Crippen LogP contribution in [0.15, 0.2) is 127 Å². The van der Waals surface area contributed by atoms with Crippen LogP contribution < -0.4 is 25.5 Å². The van der Waals surface area contributed by atoms with Gasteiger partial charge >= 0.3 is 0 Å². The molecule has 12 rings (SSSR count). The number of fused-ring (bicyclic) bond motifs is 6. The summed E-state index contributed by atoms with van der Waals surface area (Å²) in [5.74, 6) is 1.22. The molecule has 3 heterocycles. The molecule has 4 heteroatoms. The van der Waals surface area contributed by atoms with Crippen molar-refractivity contribution in [2.75, 3.05) is 9.80 Å². The quantitative estimate of drug-likeness (QED) is 0.153. The van der Waals surface area contributed by atoms with E-state index in [4.69, 9.17) is 0 Å². The summed E-state index contributed by atoms with van der Waals surface area (Å²) in [6.07, 6.45) is 13.2. The summed E-state index contributed by atoms with van der Waals surface area (Å²) in [7, 11) is 0. The molecule has 2 nitrogen and oxygen atoms in total. The molecule has 436 valence electrons. The van der Waals surface area contributed by atoms with Crippen LogP contribution in [0, 0.1) is 0 Å². The molecule has 0 amide bonds. The van der Waals surface area contributed by atoms with Gasteiger partial charge in [0.05, 0.1) is 11.4 Å². The number of anilines is 6. The lowest BCUT2D eigenvalue weighted by molar-refractivity contribution is 0.435. The number of hydrogen-bond donors (Lipinski definition) is 0. The predicted octanol–water partition coefficient (Wildman–Crippen LogP) is 22.2. The summed E-state index contributed by atoms with van der Waals surface area (Å²) >= 11 is 2.04. The average Bonchev–Trinajstić information content (AvgIpc) is 1.31. The van der Waals surface area contributed by atoms with E-state index in [0.29, 0.717) is 11.8 Å². The predicted molar refractivity (Wildman–Crippen MR) is 371 cm³/mol. The first-order chi connectivity index (χ1) is 39.4. The Balaban J connectivity index is 1.16. The molecular weight excluding hydrogens is 1030 g/mol. The van der Waals surface area contributed by atoms with E-state index >= 15 is 0 Å². The Morgan fingerprint density at radius 2 is 0.881 bits per heavy atom. The van der Waals surface area contributed by atoms with E-state index in [2.05, 4.69) is 262 Å². The van der Waals surface area contributed by atoms with Gasteiger partial charge in [0.25, 0.3) is 6.71 Å². The lowest BCUT2D eigenvalue weighted by Gasteiger charge is -2.45. The van der Waals surface area contributed by atoms with Gasteiger partial charge in [-0.1, -0.05) is 236 Å². The molecule has 2 fully saturated rings. The zero-order chi connectivity index (χ0) is 59.8. The van der Waals surface area contributed by atoms with E-state index in [-0.39, 0.29) is 39.2 Å². The van der Waals surface area contributed by atoms with E-state index in [0.717, 1.165) is 0 Å². The SMILES string of the molecule is CC(C)(C)c1ccc2c(c1)B1c3sc4ccc(C(C)(C)C)cc4c3N(c3ccc(C(C)(C)C)cc3-c3cc(C4CCCCC4)cc(C4CCCCC4)c3)c3cc(C(C)(C)C)cc(c31)N2c1ccc(-c2ccc(C(C)(C)C)c(C(C)(C)C)c2)cc1. The van der Waals surface area contributed by atoms with Gasteiger partial charge in [0, 0.05) is 43.2 Å². The number of benzene rings is 7. The lowest BCUT2D eigenvalue weighted by Crippen LogP contribution is -2.60. The van der Waals surface area contributed by atoms with Crippen molar-refractivity contribution in [2.24, 2.45) is 0 Å². The van der Waals surface area contributed by atoms with Crippen molar-refractivity contribution >= 4 is 78.0 Å². The van der Waals surface area contributed by atoms with Gasteiger partial charge in [0.1, 0.15) is 0 Å². The molecular formula is C80H97BN2S. The first-order valence-corrected chi connectivity index (χ1v) is 33.3. The maximum atomic E-state index is 2.81. The zero-order valence-electron chi connectivity index (χ0n) is 54.7. The van der Waals surface area contributed by atoms with Crippen LogP contribution in [0.5, 0.6) is 0 Å². The van der Waals surface area contributed by atoms with Gasteiger partial charge in [0.15, 0.2) is 0 Å². The van der Waals surface area contributed by atoms with Crippen LogP contribution in [0.3, 0.4) is 0 Å². The monoisotopic (exact) mass is 1130 g/mol. The van der Waals surface area contributed by atoms with Crippen molar-refractivity contribution in [3.63, 3.8) is 0 Å². The third kappa shape index (κ3) is 10.7. The van der Waals surface area contributed by atoms with Gasteiger partial charge in [-0.05, 0) is 197 Å². The Morgan fingerprint density at radius 3 is 1.43 bits per heavy atom. The third-order valence-corrected chi connectivity index (χ3v) is 21.1. The van der Waals surface area contributed by atoms with Gasteiger partial charge in [-0.3, -0.25) is 0 Å². The first-order valence-electron chi connectivity index (χ1n) is 32.5. The van der Waals surface area contributed by atoms with Crippen molar-refractivity contribution in [3.05, 3.63) is 172 Å². The fourth-order valence-electron chi connectivity index (χ4n) is 14.8. The Kier molecular flexibility index (Phi) is 14.6. The highest BCUT2D eigenvalue weighted by atomic mass is 32.1. The molecule has 2 aliphatic heterocycles. The van der Waals surface area contributed by atoms with Gasteiger partial charge < -0.3 is 9.80 Å². The molecule has 2 aliphatic carbocycles. The van der Waals surface area contributed by atoms with Crippen molar-refractivity contribution in [1.82, 2.24) is 0 Å². The minimum atomic E-state index is -0.152. The molecule has 0 bridgehead atoms. The van der Waals surface area contributed by atoms with Gasteiger partial charge in [-0.25, -0.2) is 0 Å². The molecule has 1 aromatic heterocycles. The molecule has 0 saturated heterocycles. The van der Waals surface area contributed by atoms with E-state index in [1.54, 1.807) is 11.1 Å². The summed E-state index contributed by atoms with van der Waals surface area (Å²) in [5, 5.41) is 1.36. The highest BCUT2D eigenvalue weighted by molar-refractivity contribution is 7.33.